The van der Waals surface area contributed by atoms with Crippen LogP contribution in [0.1, 0.15) is 40.2 Å². The summed E-state index contributed by atoms with van der Waals surface area (Å²) in [5, 5.41) is 10.6. The van der Waals surface area contributed by atoms with E-state index in [0.29, 0.717) is 11.1 Å². The van der Waals surface area contributed by atoms with E-state index in [1.54, 1.807) is 0 Å². The van der Waals surface area contributed by atoms with Crippen molar-refractivity contribution in [3.8, 4) is 0 Å². The van der Waals surface area contributed by atoms with E-state index in [1.807, 2.05) is 52.1 Å². The topological polar surface area (TPSA) is 40.5 Å². The lowest BCUT2D eigenvalue weighted by atomic mass is 9.79. The highest BCUT2D eigenvalue weighted by Crippen LogP contribution is 2.48. The summed E-state index contributed by atoms with van der Waals surface area (Å²) in [5.41, 5.74) is 6.57. The number of aliphatic hydroxyl groups is 1. The van der Waals surface area contributed by atoms with Crippen molar-refractivity contribution in [3.05, 3.63) is 87.9 Å². The number of hydrogen-bond acceptors (Lipinski definition) is 3. The van der Waals surface area contributed by atoms with E-state index in [4.69, 9.17) is 0 Å². The summed E-state index contributed by atoms with van der Waals surface area (Å²) in [7, 11) is 2.00. The Morgan fingerprint density at radius 3 is 2.37 bits per heavy atom. The number of carbonyl (C=O) groups excluding carboxylic acids is 1. The molecule has 0 saturated heterocycles. The van der Waals surface area contributed by atoms with Crippen molar-refractivity contribution in [2.45, 2.75) is 40.0 Å². The summed E-state index contributed by atoms with van der Waals surface area (Å²) in [5.74, 6) is -0.0215. The molecule has 0 fully saturated rings. The van der Waals surface area contributed by atoms with Crippen LogP contribution in [-0.2, 0) is 10.2 Å². The Labute approximate surface area is 161 Å². The lowest BCUT2D eigenvalue weighted by Gasteiger charge is -2.27. The van der Waals surface area contributed by atoms with Crippen molar-refractivity contribution in [1.29, 1.82) is 0 Å². The lowest BCUT2D eigenvalue weighted by molar-refractivity contribution is -0.113. The Morgan fingerprint density at radius 1 is 1.19 bits per heavy atom. The first-order chi connectivity index (χ1) is 12.6. The van der Waals surface area contributed by atoms with Gasteiger partial charge in [-0.25, -0.2) is 0 Å². The van der Waals surface area contributed by atoms with Gasteiger partial charge in [0.15, 0.2) is 0 Å². The predicted octanol–water partition coefficient (Wildman–Crippen LogP) is 5.53. The summed E-state index contributed by atoms with van der Waals surface area (Å²) < 4.78 is 0. The van der Waals surface area contributed by atoms with Crippen LogP contribution in [0.15, 0.2) is 82.3 Å². The van der Waals surface area contributed by atoms with Crippen LogP contribution in [-0.4, -0.2) is 17.9 Å². The van der Waals surface area contributed by atoms with Crippen LogP contribution in [0.2, 0.25) is 0 Å². The van der Waals surface area contributed by atoms with Gasteiger partial charge >= 0.3 is 0 Å². The molecule has 1 aromatic carbocycles. The third-order valence-corrected chi connectivity index (χ3v) is 5.61. The van der Waals surface area contributed by atoms with Crippen molar-refractivity contribution in [2.24, 2.45) is 0 Å². The Balaban J connectivity index is 2.06. The zero-order valence-corrected chi connectivity index (χ0v) is 17.0. The van der Waals surface area contributed by atoms with E-state index in [2.05, 4.69) is 37.5 Å². The molecule has 3 nitrogen and oxygen atoms in total. The average Bonchev–Trinajstić information content (AvgIpc) is 2.79. The largest absolute Gasteiger partial charge is 0.506 e. The van der Waals surface area contributed by atoms with Gasteiger partial charge in [0, 0.05) is 23.8 Å². The van der Waals surface area contributed by atoms with Gasteiger partial charge in [-0.15, -0.1) is 0 Å². The smallest absolute Gasteiger partial charge is 0.200 e. The molecule has 1 N–H and O–H groups in total. The minimum absolute atomic E-state index is 0.0830. The molecule has 0 radical (unpaired) electrons. The number of nitrogens with zero attached hydrogens (tertiary/aromatic N) is 1. The van der Waals surface area contributed by atoms with Gasteiger partial charge < -0.3 is 10.0 Å². The van der Waals surface area contributed by atoms with Crippen LogP contribution >= 0.6 is 0 Å². The van der Waals surface area contributed by atoms with E-state index in [0.717, 1.165) is 28.1 Å². The molecule has 0 bridgehead atoms. The van der Waals surface area contributed by atoms with Gasteiger partial charge in [-0.2, -0.15) is 0 Å². The van der Waals surface area contributed by atoms with Gasteiger partial charge in [-0.1, -0.05) is 50.3 Å². The minimum Gasteiger partial charge on any atom is -0.506 e. The van der Waals surface area contributed by atoms with E-state index < -0.39 is 0 Å². The van der Waals surface area contributed by atoms with Crippen molar-refractivity contribution >= 4 is 11.5 Å². The molecule has 3 heteroatoms. The molecule has 0 atom stereocenters. The van der Waals surface area contributed by atoms with Crippen molar-refractivity contribution in [1.82, 2.24) is 0 Å². The fourth-order valence-corrected chi connectivity index (χ4v) is 3.97. The number of rotatable bonds is 3. The van der Waals surface area contributed by atoms with E-state index in [9.17, 15) is 9.90 Å². The van der Waals surface area contributed by atoms with E-state index >= 15 is 0 Å². The second-order valence-electron chi connectivity index (χ2n) is 8.00. The van der Waals surface area contributed by atoms with Gasteiger partial charge in [0.1, 0.15) is 5.76 Å². The second-order valence-corrected chi connectivity index (χ2v) is 8.00. The number of aliphatic hydroxyl groups excluding tert-OH is 1. The molecule has 1 aromatic rings. The average molecular weight is 361 g/mol. The first-order valence-corrected chi connectivity index (χ1v) is 9.16. The molecule has 0 amide bonds. The number of fused-ring (bicyclic) bond motifs is 1. The van der Waals surface area contributed by atoms with Gasteiger partial charge in [0.25, 0.3) is 0 Å². The molecule has 0 saturated carbocycles. The summed E-state index contributed by atoms with van der Waals surface area (Å²) in [4.78, 5) is 14.9. The molecule has 0 aromatic heterocycles. The Morgan fingerprint density at radius 2 is 1.81 bits per heavy atom. The third-order valence-electron chi connectivity index (χ3n) is 5.61. The van der Waals surface area contributed by atoms with Crippen LogP contribution in [0.25, 0.3) is 0 Å². The number of anilines is 1. The van der Waals surface area contributed by atoms with Crippen LogP contribution in [0.5, 0.6) is 0 Å². The quantitative estimate of drug-likeness (QED) is 0.568. The highest BCUT2D eigenvalue weighted by atomic mass is 16.3. The fourth-order valence-electron chi connectivity index (χ4n) is 3.97. The van der Waals surface area contributed by atoms with Crippen molar-refractivity contribution in [2.75, 3.05) is 11.9 Å². The highest BCUT2D eigenvalue weighted by molar-refractivity contribution is 6.21. The van der Waals surface area contributed by atoms with Crippen LogP contribution in [0.3, 0.4) is 0 Å². The number of benzene rings is 1. The van der Waals surface area contributed by atoms with Gasteiger partial charge in [-0.05, 0) is 49.6 Å². The number of ketones is 1. The molecule has 0 spiro atoms. The maximum absolute atomic E-state index is 12.8. The summed E-state index contributed by atoms with van der Waals surface area (Å²) in [6, 6.07) is 8.24. The molecule has 1 aliphatic heterocycles. The van der Waals surface area contributed by atoms with E-state index in [1.165, 1.54) is 5.56 Å². The van der Waals surface area contributed by atoms with E-state index in [-0.39, 0.29) is 17.0 Å². The summed E-state index contributed by atoms with van der Waals surface area (Å²) in [6.45, 7) is 13.9. The number of Topliss-reactive ketones (excluding diaryl/α,β-unsaturated/α-hetero) is 1. The molecule has 0 unspecified atom stereocenters. The number of carbonyl (C=O) groups is 1. The van der Waals surface area contributed by atoms with Crippen molar-refractivity contribution < 1.29 is 9.90 Å². The molecule has 3 rings (SSSR count). The summed E-state index contributed by atoms with van der Waals surface area (Å²) >= 11 is 0. The number of allylic oxidation sites excluding steroid dienone is 8. The molecule has 1 heterocycles. The first-order valence-electron chi connectivity index (χ1n) is 9.16. The number of para-hydroxylation sites is 1. The monoisotopic (exact) mass is 361 g/mol. The normalized spacial score (nSPS) is 22.1. The zero-order chi connectivity index (χ0) is 20.1. The van der Waals surface area contributed by atoms with Crippen LogP contribution in [0.4, 0.5) is 5.69 Å². The Hall–Kier alpha value is -2.81. The minimum atomic E-state index is -0.233. The predicted molar refractivity (Wildman–Crippen MR) is 112 cm³/mol. The first kappa shape index (κ1) is 19.0. The van der Waals surface area contributed by atoms with Crippen molar-refractivity contribution in [3.63, 3.8) is 0 Å². The molecule has 1 aliphatic carbocycles. The highest BCUT2D eigenvalue weighted by Gasteiger charge is 2.41. The molecule has 2 aliphatic rings. The van der Waals surface area contributed by atoms with Crippen LogP contribution < -0.4 is 4.90 Å². The number of likely N-dealkylation sites (N-methyl/N-ethyl adjacent to an activating group) is 1. The maximum Gasteiger partial charge on any atom is 0.200 e. The molecule has 140 valence electrons. The second kappa shape index (κ2) is 6.41. The maximum atomic E-state index is 12.8. The molecular weight excluding hydrogens is 334 g/mol. The summed E-state index contributed by atoms with van der Waals surface area (Å²) in [6.07, 6.45) is 3.76. The third kappa shape index (κ3) is 2.87. The zero-order valence-electron chi connectivity index (χ0n) is 17.0. The SMILES string of the molecule is C=C(C)/C=C(C)\C(C)=C1/C(=O)C(/C=C2\N(C)c3ccccc3C2(C)C)=C1O. The molecule has 27 heavy (non-hydrogen) atoms. The number of hydrogen-bond donors (Lipinski definition) is 1. The fraction of sp³-hybridized carbons (Fsp3) is 0.292. The Bertz CT molecular complexity index is 983. The Kier molecular flexibility index (Phi) is 4.51. The van der Waals surface area contributed by atoms with Crippen LogP contribution in [0, 0.1) is 0 Å². The van der Waals surface area contributed by atoms with Gasteiger partial charge in [0.05, 0.1) is 11.1 Å². The molecular formula is C24H27NO2. The standard InChI is InChI=1S/C24H27NO2/c1-14(2)12-15(3)16(4)21-22(26)17(23(21)27)13-20-24(5,6)18-10-8-9-11-19(18)25(20)7/h8-13,26H,1H2,2-7H3/b15-12-,20-13-,21-16-. The van der Waals surface area contributed by atoms with Gasteiger partial charge in [-0.3, -0.25) is 4.79 Å². The van der Waals surface area contributed by atoms with Gasteiger partial charge in [0.2, 0.25) is 5.78 Å². The lowest BCUT2D eigenvalue weighted by Crippen LogP contribution is -2.27.